The fourth-order valence-corrected chi connectivity index (χ4v) is 12.0. The summed E-state index contributed by atoms with van der Waals surface area (Å²) in [4.78, 5) is 0. The summed E-state index contributed by atoms with van der Waals surface area (Å²) in [7, 11) is -1.26. The van der Waals surface area contributed by atoms with Gasteiger partial charge in [0.05, 0.1) is 12.4 Å². The third-order valence-corrected chi connectivity index (χ3v) is 8.34. The number of hydrogen-bond donors (Lipinski definition) is 0. The van der Waals surface area contributed by atoms with Crippen LogP contribution < -0.4 is 0 Å². The quantitative estimate of drug-likeness (QED) is 0.724. The highest BCUT2D eigenvalue weighted by molar-refractivity contribution is 8.19. The Morgan fingerprint density at radius 3 is 1.23 bits per heavy atom. The molecule has 0 aliphatic heterocycles. The van der Waals surface area contributed by atoms with Gasteiger partial charge in [0.1, 0.15) is 0 Å². The molecule has 0 spiro atoms. The molecular weight excluding hydrogens is 258 g/mol. The van der Waals surface area contributed by atoms with E-state index in [-0.39, 0.29) is 0 Å². The van der Waals surface area contributed by atoms with Gasteiger partial charge in [-0.05, 0) is 26.7 Å². The van der Waals surface area contributed by atoms with Crippen molar-refractivity contribution in [3.63, 3.8) is 0 Å². The fraction of sp³-hybridized carbons (Fsp3) is 1.00. The minimum Gasteiger partial charge on any atom is -0.223 e. The molecule has 0 fully saturated rings. The second kappa shape index (κ2) is 4.40. The van der Waals surface area contributed by atoms with Crippen LogP contribution >= 0.6 is 12.4 Å². The monoisotopic (exact) mass is 276 g/mol. The van der Waals surface area contributed by atoms with Crippen molar-refractivity contribution in [2.24, 2.45) is 8.27 Å². The molecule has 80 valence electrons. The van der Waals surface area contributed by atoms with E-state index in [9.17, 15) is 0 Å². The highest BCUT2D eigenvalue weighted by Crippen LogP contribution is 2.44. The molecule has 0 N–H and O–H groups in total. The van der Waals surface area contributed by atoms with Crippen LogP contribution in [0.2, 0.25) is 0 Å². The summed E-state index contributed by atoms with van der Waals surface area (Å²) >= 11 is 10.6. The molecule has 0 rings (SSSR count). The van der Waals surface area contributed by atoms with Gasteiger partial charge >= 0.3 is 0 Å². The van der Waals surface area contributed by atoms with E-state index in [0.29, 0.717) is 0 Å². The fourth-order valence-electron chi connectivity index (χ4n) is 0.979. The maximum atomic E-state index is 5.31. The Kier molecular flexibility index (Phi) is 4.83. The first kappa shape index (κ1) is 14.2. The van der Waals surface area contributed by atoms with Gasteiger partial charge in [-0.15, -0.1) is 0 Å². The highest BCUT2D eigenvalue weighted by atomic mass is 32.5. The summed E-state index contributed by atoms with van der Waals surface area (Å²) in [5.74, 6) is 0. The predicted octanol–water partition coefficient (Wildman–Crippen LogP) is 3.08. The Bertz CT molecular complexity index is 350. The molecule has 13 heavy (non-hydrogen) atoms. The molecule has 0 amide bonds. The molecule has 0 aliphatic carbocycles. The number of nitrogens with zero attached hydrogens (tertiary/aromatic N) is 2. The van der Waals surface area contributed by atoms with Crippen LogP contribution in [-0.4, -0.2) is 39.2 Å². The molecule has 0 aromatic rings. The molecule has 0 radical (unpaired) electrons. The predicted molar refractivity (Wildman–Crippen MR) is 76.3 cm³/mol. The van der Waals surface area contributed by atoms with E-state index in [1.807, 2.05) is 26.7 Å². The molecular formula is C6H18N2P2S3. The lowest BCUT2D eigenvalue weighted by molar-refractivity contribution is 1.80. The van der Waals surface area contributed by atoms with E-state index >= 15 is 0 Å². The van der Waals surface area contributed by atoms with Gasteiger partial charge in [0.2, 0.25) is 0 Å². The van der Waals surface area contributed by atoms with Crippen molar-refractivity contribution < 1.29 is 0 Å². The molecule has 0 unspecified atom stereocenters. The van der Waals surface area contributed by atoms with Crippen LogP contribution in [0.4, 0.5) is 0 Å². The van der Waals surface area contributed by atoms with Crippen LogP contribution in [0.25, 0.3) is 0 Å². The average molecular weight is 276 g/mol. The van der Waals surface area contributed by atoms with Gasteiger partial charge < -0.3 is 0 Å². The standard InChI is InChI=1S/C6H18N2P2S3/c1-9(2,11)7-13(5,6)8-10(3,4)12/h1-6H3. The van der Waals surface area contributed by atoms with Gasteiger partial charge in [-0.2, -0.15) is 0 Å². The minimum atomic E-state index is -1.50. The normalized spacial score (nSPS) is 14.0. The number of hydrogen-bond acceptors (Lipinski definition) is 2. The highest BCUT2D eigenvalue weighted by Gasteiger charge is 2.03. The van der Waals surface area contributed by atoms with Gasteiger partial charge in [-0.25, -0.2) is 8.27 Å². The van der Waals surface area contributed by atoms with E-state index < -0.39 is 22.0 Å². The van der Waals surface area contributed by atoms with Crippen LogP contribution in [0.5, 0.6) is 0 Å². The van der Waals surface area contributed by atoms with Crippen LogP contribution in [-0.2, 0) is 33.2 Å². The van der Waals surface area contributed by atoms with Gasteiger partial charge in [-0.1, -0.05) is 33.2 Å². The second-order valence-corrected chi connectivity index (χ2v) is 18.3. The van der Waals surface area contributed by atoms with E-state index in [0.717, 1.165) is 0 Å². The second-order valence-electron chi connectivity index (χ2n) is 3.97. The van der Waals surface area contributed by atoms with Gasteiger partial charge in [0.15, 0.2) is 0 Å². The summed E-state index contributed by atoms with van der Waals surface area (Å²) in [5, 5.41) is 0. The van der Waals surface area contributed by atoms with Gasteiger partial charge in [-0.3, -0.25) is 0 Å². The molecule has 0 bridgehead atoms. The third-order valence-electron chi connectivity index (χ3n) is 0.793. The smallest absolute Gasteiger partial charge is 0.0605 e. The van der Waals surface area contributed by atoms with Crippen molar-refractivity contribution in [1.82, 2.24) is 0 Å². The van der Waals surface area contributed by atoms with Crippen molar-refractivity contribution in [2.75, 3.05) is 39.2 Å². The topological polar surface area (TPSA) is 24.7 Å². The van der Waals surface area contributed by atoms with Crippen molar-refractivity contribution >= 4 is 45.6 Å². The van der Waals surface area contributed by atoms with Crippen molar-refractivity contribution in [2.45, 2.75) is 0 Å². The van der Waals surface area contributed by atoms with E-state index in [4.69, 9.17) is 23.6 Å². The molecule has 0 saturated carbocycles. The summed E-state index contributed by atoms with van der Waals surface area (Å²) in [6.45, 7) is 8.12. The molecule has 0 heterocycles. The molecule has 0 atom stereocenters. The summed E-state index contributed by atoms with van der Waals surface area (Å²) in [6.07, 6.45) is 1.13. The molecule has 0 aliphatic rings. The molecule has 0 saturated heterocycles. The SMILES string of the molecule is CP(C)(=S)N=S(C)(C)=NP(C)(C)=S. The van der Waals surface area contributed by atoms with E-state index in [1.54, 1.807) is 0 Å². The van der Waals surface area contributed by atoms with E-state index in [2.05, 4.69) is 20.8 Å². The van der Waals surface area contributed by atoms with Crippen LogP contribution in [0.3, 0.4) is 0 Å². The van der Waals surface area contributed by atoms with Crippen molar-refractivity contribution in [1.29, 1.82) is 0 Å². The average Bonchev–Trinajstić information content (AvgIpc) is 1.43. The van der Waals surface area contributed by atoms with Crippen molar-refractivity contribution in [3.8, 4) is 0 Å². The van der Waals surface area contributed by atoms with Gasteiger partial charge in [0, 0.05) is 12.5 Å². The lowest BCUT2D eigenvalue weighted by Crippen LogP contribution is -1.91. The Morgan fingerprint density at radius 2 is 1.08 bits per heavy atom. The zero-order chi connectivity index (χ0) is 10.9. The zero-order valence-corrected chi connectivity index (χ0v) is 13.3. The summed E-state index contributed by atoms with van der Waals surface area (Å²) in [5.41, 5.74) is 0. The Balaban J connectivity index is 5.47. The van der Waals surface area contributed by atoms with Crippen LogP contribution in [0.15, 0.2) is 8.27 Å². The number of rotatable bonds is 2. The largest absolute Gasteiger partial charge is 0.223 e. The third kappa shape index (κ3) is 9.55. The Hall–Kier alpha value is 1.25. The van der Waals surface area contributed by atoms with Crippen molar-refractivity contribution in [3.05, 3.63) is 0 Å². The van der Waals surface area contributed by atoms with E-state index in [1.165, 1.54) is 0 Å². The first-order valence-corrected chi connectivity index (χ1v) is 13.4. The lowest BCUT2D eigenvalue weighted by atomic mass is 11.9. The molecule has 7 heteroatoms. The zero-order valence-electron chi connectivity index (χ0n) is 9.01. The lowest BCUT2D eigenvalue weighted by Gasteiger charge is -2.12. The molecule has 0 aromatic heterocycles. The maximum Gasteiger partial charge on any atom is 0.0605 e. The Morgan fingerprint density at radius 1 is 0.846 bits per heavy atom. The minimum absolute atomic E-state index is 1.26. The molecule has 2 nitrogen and oxygen atoms in total. The first-order chi connectivity index (χ1) is 5.41. The van der Waals surface area contributed by atoms with Crippen LogP contribution in [0, 0.1) is 0 Å². The Labute approximate surface area is 92.8 Å². The van der Waals surface area contributed by atoms with Crippen LogP contribution in [0.1, 0.15) is 0 Å². The summed E-state index contributed by atoms with van der Waals surface area (Å²) < 4.78 is 9.26. The summed E-state index contributed by atoms with van der Waals surface area (Å²) in [6, 6.07) is 0. The van der Waals surface area contributed by atoms with Gasteiger partial charge in [0.25, 0.3) is 0 Å². The maximum absolute atomic E-state index is 5.31. The molecule has 0 aromatic carbocycles. The first-order valence-electron chi connectivity index (χ1n) is 3.74.